The van der Waals surface area contributed by atoms with Crippen molar-refractivity contribution in [2.24, 2.45) is 0 Å². The molecule has 0 atom stereocenters. The summed E-state index contributed by atoms with van der Waals surface area (Å²) in [7, 11) is 0. The second kappa shape index (κ2) is 3.79. The molecule has 2 rings (SSSR count). The molecule has 1 aromatic rings. The van der Waals surface area contributed by atoms with Gasteiger partial charge >= 0.3 is 5.97 Å². The van der Waals surface area contributed by atoms with Crippen molar-refractivity contribution in [3.8, 4) is 0 Å². The number of hydrogen-bond acceptors (Lipinski definition) is 4. The van der Waals surface area contributed by atoms with Crippen LogP contribution >= 0.6 is 15.9 Å². The van der Waals surface area contributed by atoms with Crippen LogP contribution in [0, 0.1) is 0 Å². The monoisotopic (exact) mass is 272 g/mol. The fraction of sp³-hybridized carbons (Fsp3) is 0.333. The zero-order chi connectivity index (χ0) is 11.0. The van der Waals surface area contributed by atoms with E-state index in [2.05, 4.69) is 20.9 Å². The second-order valence-electron chi connectivity index (χ2n) is 3.39. The number of anilines is 1. The minimum Gasteiger partial charge on any atom is -0.478 e. The first-order chi connectivity index (χ1) is 7.08. The quantitative estimate of drug-likeness (QED) is 0.830. The van der Waals surface area contributed by atoms with Crippen LogP contribution in [-0.2, 0) is 0 Å². The van der Waals surface area contributed by atoms with E-state index in [9.17, 15) is 4.79 Å². The summed E-state index contributed by atoms with van der Waals surface area (Å²) in [5.41, 5.74) is 0.145. The average molecular weight is 273 g/mol. The van der Waals surface area contributed by atoms with E-state index in [0.717, 1.165) is 0 Å². The molecule has 0 aliphatic carbocycles. The van der Waals surface area contributed by atoms with Gasteiger partial charge < -0.3 is 15.1 Å². The summed E-state index contributed by atoms with van der Waals surface area (Å²) >= 11 is 3.26. The van der Waals surface area contributed by atoms with Crippen molar-refractivity contribution in [1.82, 2.24) is 4.98 Å². The molecule has 0 aromatic carbocycles. The number of hydrogen-bond donors (Lipinski definition) is 2. The van der Waals surface area contributed by atoms with Crippen LogP contribution in [-0.4, -0.2) is 40.4 Å². The number of nitrogens with zero attached hydrogens (tertiary/aromatic N) is 2. The van der Waals surface area contributed by atoms with Crippen molar-refractivity contribution in [1.29, 1.82) is 0 Å². The van der Waals surface area contributed by atoms with Crippen LogP contribution in [0.2, 0.25) is 0 Å². The Labute approximate surface area is 94.5 Å². The number of aliphatic hydroxyl groups excluding tert-OH is 1. The minimum absolute atomic E-state index is 0.145. The molecule has 6 heteroatoms. The van der Waals surface area contributed by atoms with Gasteiger partial charge in [0.2, 0.25) is 0 Å². The summed E-state index contributed by atoms with van der Waals surface area (Å²) in [6.45, 7) is 1.08. The number of halogens is 1. The van der Waals surface area contributed by atoms with Crippen LogP contribution in [0.25, 0.3) is 0 Å². The van der Waals surface area contributed by atoms with E-state index < -0.39 is 5.97 Å². The average Bonchev–Trinajstić information content (AvgIpc) is 2.13. The summed E-state index contributed by atoms with van der Waals surface area (Å²) < 4.78 is 0.634. The van der Waals surface area contributed by atoms with Gasteiger partial charge in [0.15, 0.2) is 0 Å². The number of aromatic carboxylic acids is 1. The van der Waals surface area contributed by atoms with E-state index in [1.54, 1.807) is 0 Å². The highest BCUT2D eigenvalue weighted by atomic mass is 79.9. The lowest BCUT2D eigenvalue weighted by Crippen LogP contribution is -2.51. The summed E-state index contributed by atoms with van der Waals surface area (Å²) in [6.07, 6.45) is 1.01. The second-order valence-corrected chi connectivity index (χ2v) is 4.25. The maximum Gasteiger partial charge on any atom is 0.337 e. The van der Waals surface area contributed by atoms with Gasteiger partial charge in [0.1, 0.15) is 5.82 Å². The smallest absolute Gasteiger partial charge is 0.337 e. The molecule has 1 aliphatic heterocycles. The molecule has 0 saturated carbocycles. The molecule has 2 heterocycles. The summed E-state index contributed by atoms with van der Waals surface area (Å²) in [5.74, 6) is -0.330. The Morgan fingerprint density at radius 1 is 1.60 bits per heavy atom. The van der Waals surface area contributed by atoms with Crippen LogP contribution in [0.3, 0.4) is 0 Å². The van der Waals surface area contributed by atoms with Crippen molar-refractivity contribution in [3.05, 3.63) is 22.3 Å². The Balaban J connectivity index is 2.23. The van der Waals surface area contributed by atoms with Gasteiger partial charge in [-0.15, -0.1) is 0 Å². The molecule has 15 heavy (non-hydrogen) atoms. The number of pyridine rings is 1. The number of rotatable bonds is 2. The molecule has 1 fully saturated rings. The van der Waals surface area contributed by atoms with E-state index in [1.807, 2.05) is 4.90 Å². The molecule has 80 valence electrons. The highest BCUT2D eigenvalue weighted by Gasteiger charge is 2.27. The normalized spacial score (nSPS) is 16.3. The fourth-order valence-electron chi connectivity index (χ4n) is 1.41. The van der Waals surface area contributed by atoms with Crippen molar-refractivity contribution in [3.63, 3.8) is 0 Å². The lowest BCUT2D eigenvalue weighted by Gasteiger charge is -2.37. The van der Waals surface area contributed by atoms with Gasteiger partial charge in [-0.1, -0.05) is 0 Å². The molecular weight excluding hydrogens is 264 g/mol. The van der Waals surface area contributed by atoms with E-state index in [-0.39, 0.29) is 11.7 Å². The Kier molecular flexibility index (Phi) is 2.62. The van der Waals surface area contributed by atoms with Gasteiger partial charge in [0, 0.05) is 19.3 Å². The van der Waals surface area contributed by atoms with Crippen molar-refractivity contribution < 1.29 is 15.0 Å². The molecule has 2 N–H and O–H groups in total. The number of β-amino-alcohol motifs (C(OH)–C–C–N with tert-alkyl or cyclic N) is 1. The summed E-state index contributed by atoms with van der Waals surface area (Å²) in [5, 5.41) is 17.9. The van der Waals surface area contributed by atoms with Gasteiger partial charge in [-0.2, -0.15) is 0 Å². The van der Waals surface area contributed by atoms with Crippen LogP contribution in [0.1, 0.15) is 10.4 Å². The van der Waals surface area contributed by atoms with E-state index in [0.29, 0.717) is 23.4 Å². The Hall–Kier alpha value is -1.14. The third kappa shape index (κ3) is 1.95. The highest BCUT2D eigenvalue weighted by Crippen LogP contribution is 2.27. The molecule has 1 aliphatic rings. The van der Waals surface area contributed by atoms with E-state index in [1.165, 1.54) is 12.3 Å². The molecule has 1 saturated heterocycles. The van der Waals surface area contributed by atoms with Gasteiger partial charge in [-0.3, -0.25) is 0 Å². The zero-order valence-electron chi connectivity index (χ0n) is 7.72. The largest absolute Gasteiger partial charge is 0.478 e. The number of aromatic nitrogens is 1. The predicted octanol–water partition coefficient (Wildman–Crippen LogP) is 0.723. The van der Waals surface area contributed by atoms with Crippen LogP contribution in [0.5, 0.6) is 0 Å². The van der Waals surface area contributed by atoms with Crippen molar-refractivity contribution in [2.45, 2.75) is 6.10 Å². The van der Waals surface area contributed by atoms with Gasteiger partial charge in [0.25, 0.3) is 0 Å². The molecule has 5 nitrogen and oxygen atoms in total. The minimum atomic E-state index is -1.00. The van der Waals surface area contributed by atoms with Crippen LogP contribution < -0.4 is 4.90 Å². The first-order valence-corrected chi connectivity index (χ1v) is 5.19. The van der Waals surface area contributed by atoms with E-state index in [4.69, 9.17) is 10.2 Å². The molecule has 0 spiro atoms. The lowest BCUT2D eigenvalue weighted by molar-refractivity contribution is 0.0696. The number of carboxylic acid groups (broad SMARTS) is 1. The predicted molar refractivity (Wildman–Crippen MR) is 57.1 cm³/mol. The van der Waals surface area contributed by atoms with Gasteiger partial charge in [-0.05, 0) is 22.0 Å². The lowest BCUT2D eigenvalue weighted by atomic mass is 10.1. The first-order valence-electron chi connectivity index (χ1n) is 4.40. The Morgan fingerprint density at radius 3 is 2.73 bits per heavy atom. The van der Waals surface area contributed by atoms with Gasteiger partial charge in [-0.25, -0.2) is 9.78 Å². The molecule has 1 aromatic heterocycles. The Bertz CT molecular complexity index is 404. The number of carbonyl (C=O) groups is 1. The number of aliphatic hydroxyl groups is 1. The highest BCUT2D eigenvalue weighted by molar-refractivity contribution is 9.10. The van der Waals surface area contributed by atoms with Crippen molar-refractivity contribution >= 4 is 27.7 Å². The third-order valence-electron chi connectivity index (χ3n) is 2.23. The van der Waals surface area contributed by atoms with Crippen LogP contribution in [0.4, 0.5) is 5.82 Å². The topological polar surface area (TPSA) is 73.7 Å². The zero-order valence-corrected chi connectivity index (χ0v) is 9.31. The molecular formula is C9H9BrN2O3. The van der Waals surface area contributed by atoms with E-state index >= 15 is 0 Å². The van der Waals surface area contributed by atoms with Crippen molar-refractivity contribution in [2.75, 3.05) is 18.0 Å². The maximum absolute atomic E-state index is 10.7. The standard InChI is InChI=1S/C9H9BrN2O3/c10-7-1-5(9(14)15)2-11-8(7)12-3-6(13)4-12/h1-2,6,13H,3-4H2,(H,14,15). The molecule has 0 amide bonds. The van der Waals surface area contributed by atoms with Gasteiger partial charge in [0.05, 0.1) is 16.1 Å². The number of carboxylic acids is 1. The third-order valence-corrected chi connectivity index (χ3v) is 2.81. The first kappa shape index (κ1) is 10.4. The molecule has 0 radical (unpaired) electrons. The summed E-state index contributed by atoms with van der Waals surface area (Å²) in [4.78, 5) is 16.6. The molecule has 0 bridgehead atoms. The SMILES string of the molecule is O=C(O)c1cnc(N2CC(O)C2)c(Br)c1. The Morgan fingerprint density at radius 2 is 2.27 bits per heavy atom. The van der Waals surface area contributed by atoms with Crippen LogP contribution in [0.15, 0.2) is 16.7 Å². The molecule has 0 unspecified atom stereocenters. The maximum atomic E-state index is 10.7. The summed E-state index contributed by atoms with van der Waals surface area (Å²) in [6, 6.07) is 1.51. The fourth-order valence-corrected chi connectivity index (χ4v) is 2.01.